The third kappa shape index (κ3) is 5.02. The van der Waals surface area contributed by atoms with E-state index in [1.807, 2.05) is 6.92 Å². The molecular weight excluding hydrogens is 274 g/mol. The van der Waals surface area contributed by atoms with E-state index in [1.54, 1.807) is 0 Å². The van der Waals surface area contributed by atoms with Gasteiger partial charge in [0.15, 0.2) is 5.13 Å². The van der Waals surface area contributed by atoms with Crippen molar-refractivity contribution >= 4 is 34.6 Å². The van der Waals surface area contributed by atoms with E-state index >= 15 is 0 Å². The predicted octanol–water partition coefficient (Wildman–Crippen LogP) is 0.553. The summed E-state index contributed by atoms with van der Waals surface area (Å²) in [6, 6.07) is 0. The van der Waals surface area contributed by atoms with Gasteiger partial charge >= 0.3 is 5.97 Å². The summed E-state index contributed by atoms with van der Waals surface area (Å²) < 4.78 is 5.01. The summed E-state index contributed by atoms with van der Waals surface area (Å²) >= 11 is 1.09. The second-order valence-electron chi connectivity index (χ2n) is 3.08. The molecule has 0 radical (unpaired) electrons. The molecule has 0 aromatic carbocycles. The van der Waals surface area contributed by atoms with Crippen LogP contribution in [-0.2, 0) is 19.2 Å². The Morgan fingerprint density at radius 3 is 3.05 bits per heavy atom. The average Bonchev–Trinajstić information content (AvgIpc) is 2.82. The largest absolute Gasteiger partial charge is 0.476 e. The van der Waals surface area contributed by atoms with Crippen LogP contribution in [0.4, 0.5) is 5.13 Å². The first-order valence-corrected chi connectivity index (χ1v) is 6.24. The first-order valence-electron chi connectivity index (χ1n) is 5.36. The molecule has 0 aliphatic carbocycles. The van der Waals surface area contributed by atoms with Crippen LogP contribution < -0.4 is 5.32 Å². The number of anilines is 1. The molecule has 0 saturated heterocycles. The molecule has 0 aliphatic rings. The number of hydrogen-bond donors (Lipinski definition) is 2. The molecule has 9 heteroatoms. The van der Waals surface area contributed by atoms with Crippen molar-refractivity contribution in [1.29, 1.82) is 0 Å². The van der Waals surface area contributed by atoms with Crippen LogP contribution >= 0.6 is 11.3 Å². The average molecular weight is 287 g/mol. The van der Waals surface area contributed by atoms with Crippen molar-refractivity contribution in [3.05, 3.63) is 11.1 Å². The second kappa shape index (κ2) is 8.16. The molecule has 0 atom stereocenters. The Bertz CT molecular complexity index is 460. The number of carbonyl (C=O) groups is 2. The standard InChI is InChI=1S/C10H13N3O5S/c1-2-17-3-4-18-13-8(9(15)16)7-5-19-10(12-7)11-6-14/h5-6H,2-4H2,1H3,(H,15,16)(H,11,12,14)/b13-8-. The molecule has 0 spiro atoms. The van der Waals surface area contributed by atoms with Gasteiger partial charge in [-0.1, -0.05) is 5.16 Å². The number of thiazole rings is 1. The summed E-state index contributed by atoms with van der Waals surface area (Å²) in [7, 11) is 0. The van der Waals surface area contributed by atoms with Gasteiger partial charge in [0.05, 0.1) is 6.61 Å². The maximum Gasteiger partial charge on any atom is 0.360 e. The van der Waals surface area contributed by atoms with Crippen LogP contribution in [0, 0.1) is 0 Å². The number of aromatic nitrogens is 1. The lowest BCUT2D eigenvalue weighted by Crippen LogP contribution is -2.16. The van der Waals surface area contributed by atoms with E-state index in [0.717, 1.165) is 11.3 Å². The third-order valence-electron chi connectivity index (χ3n) is 1.81. The fraction of sp³-hybridized carbons (Fsp3) is 0.400. The van der Waals surface area contributed by atoms with Crippen molar-refractivity contribution in [3.8, 4) is 0 Å². The van der Waals surface area contributed by atoms with Gasteiger partial charge in [0.25, 0.3) is 0 Å². The van der Waals surface area contributed by atoms with Crippen LogP contribution in [0.3, 0.4) is 0 Å². The van der Waals surface area contributed by atoms with Crippen LogP contribution in [0.25, 0.3) is 0 Å². The molecule has 2 N–H and O–H groups in total. The molecule has 104 valence electrons. The molecular formula is C10H13N3O5S. The van der Waals surface area contributed by atoms with E-state index in [9.17, 15) is 9.59 Å². The summed E-state index contributed by atoms with van der Waals surface area (Å²) in [4.78, 5) is 30.0. The van der Waals surface area contributed by atoms with Crippen LogP contribution in [-0.4, -0.2) is 48.0 Å². The molecule has 19 heavy (non-hydrogen) atoms. The highest BCUT2D eigenvalue weighted by Crippen LogP contribution is 2.15. The Labute approximate surface area is 113 Å². The number of carboxylic acids is 1. The van der Waals surface area contributed by atoms with Crippen LogP contribution in [0.15, 0.2) is 10.5 Å². The third-order valence-corrected chi connectivity index (χ3v) is 2.58. The molecule has 0 fully saturated rings. The first-order chi connectivity index (χ1) is 9.19. The van der Waals surface area contributed by atoms with Crippen LogP contribution in [0.1, 0.15) is 12.6 Å². The first kappa shape index (κ1) is 15.1. The predicted molar refractivity (Wildman–Crippen MR) is 68.4 cm³/mol. The molecule has 1 amide bonds. The van der Waals surface area contributed by atoms with Crippen molar-refractivity contribution in [2.45, 2.75) is 6.92 Å². The summed E-state index contributed by atoms with van der Waals surface area (Å²) in [5.41, 5.74) is -0.204. The van der Waals surface area contributed by atoms with Gasteiger partial charge in [-0.3, -0.25) is 4.79 Å². The Morgan fingerprint density at radius 2 is 2.42 bits per heavy atom. The smallest absolute Gasteiger partial charge is 0.360 e. The second-order valence-corrected chi connectivity index (χ2v) is 3.93. The molecule has 0 unspecified atom stereocenters. The molecule has 1 aromatic heterocycles. The van der Waals surface area contributed by atoms with Gasteiger partial charge in [-0.15, -0.1) is 11.3 Å². The van der Waals surface area contributed by atoms with E-state index < -0.39 is 5.97 Å². The maximum atomic E-state index is 11.0. The Balaban J connectivity index is 2.67. The lowest BCUT2D eigenvalue weighted by atomic mass is 10.3. The van der Waals surface area contributed by atoms with Crippen molar-refractivity contribution < 1.29 is 24.3 Å². The Hall–Kier alpha value is -2.00. The number of nitrogens with zero attached hydrogens (tertiary/aromatic N) is 2. The van der Waals surface area contributed by atoms with E-state index in [0.29, 0.717) is 19.6 Å². The zero-order valence-electron chi connectivity index (χ0n) is 10.2. The lowest BCUT2D eigenvalue weighted by Gasteiger charge is -2.01. The van der Waals surface area contributed by atoms with Crippen LogP contribution in [0.5, 0.6) is 0 Å². The van der Waals surface area contributed by atoms with Gasteiger partial charge in [-0.25, -0.2) is 9.78 Å². The van der Waals surface area contributed by atoms with E-state index in [2.05, 4.69) is 15.5 Å². The summed E-state index contributed by atoms with van der Waals surface area (Å²) in [5.74, 6) is -1.26. The lowest BCUT2D eigenvalue weighted by molar-refractivity contribution is -0.129. The topological polar surface area (TPSA) is 110 Å². The Kier molecular flexibility index (Phi) is 6.47. The molecule has 0 aliphatic heterocycles. The van der Waals surface area contributed by atoms with Gasteiger partial charge in [0, 0.05) is 12.0 Å². The van der Waals surface area contributed by atoms with Crippen molar-refractivity contribution in [2.24, 2.45) is 5.16 Å². The number of amides is 1. The van der Waals surface area contributed by atoms with E-state index in [1.165, 1.54) is 5.38 Å². The maximum absolute atomic E-state index is 11.0. The number of nitrogens with one attached hydrogen (secondary N) is 1. The monoisotopic (exact) mass is 287 g/mol. The highest BCUT2D eigenvalue weighted by Gasteiger charge is 2.17. The number of carbonyl (C=O) groups excluding carboxylic acids is 1. The van der Waals surface area contributed by atoms with Gasteiger partial charge < -0.3 is 20.0 Å². The van der Waals surface area contributed by atoms with Crippen molar-refractivity contribution in [3.63, 3.8) is 0 Å². The SMILES string of the molecule is CCOCCO/N=C(\C(=O)O)c1csc(NC=O)n1. The number of rotatable bonds is 9. The van der Waals surface area contributed by atoms with E-state index in [-0.39, 0.29) is 23.1 Å². The molecule has 0 bridgehead atoms. The van der Waals surface area contributed by atoms with E-state index in [4.69, 9.17) is 14.7 Å². The summed E-state index contributed by atoms with van der Waals surface area (Å²) in [6.07, 6.45) is 0.457. The van der Waals surface area contributed by atoms with Crippen molar-refractivity contribution in [1.82, 2.24) is 4.98 Å². The fourth-order valence-corrected chi connectivity index (χ4v) is 1.70. The number of oxime groups is 1. The zero-order chi connectivity index (χ0) is 14.1. The van der Waals surface area contributed by atoms with Crippen molar-refractivity contribution in [2.75, 3.05) is 25.1 Å². The molecule has 0 saturated carbocycles. The van der Waals surface area contributed by atoms with Gasteiger partial charge in [0.1, 0.15) is 12.3 Å². The quantitative estimate of drug-likeness (QED) is 0.297. The Morgan fingerprint density at radius 1 is 1.63 bits per heavy atom. The van der Waals surface area contributed by atoms with Crippen LogP contribution in [0.2, 0.25) is 0 Å². The molecule has 1 rings (SSSR count). The normalized spacial score (nSPS) is 11.1. The minimum Gasteiger partial charge on any atom is -0.476 e. The zero-order valence-corrected chi connectivity index (χ0v) is 11.0. The molecule has 1 heterocycles. The van der Waals surface area contributed by atoms with Gasteiger partial charge in [-0.2, -0.15) is 0 Å². The summed E-state index contributed by atoms with van der Waals surface area (Å²) in [6.45, 7) is 2.85. The minimum atomic E-state index is -1.26. The highest BCUT2D eigenvalue weighted by molar-refractivity contribution is 7.14. The van der Waals surface area contributed by atoms with Gasteiger partial charge in [0.2, 0.25) is 12.1 Å². The number of ether oxygens (including phenoxy) is 1. The fourth-order valence-electron chi connectivity index (χ4n) is 1.05. The molecule has 1 aromatic rings. The summed E-state index contributed by atoms with van der Waals surface area (Å²) in [5, 5.41) is 16.6. The minimum absolute atomic E-state index is 0.123. The highest BCUT2D eigenvalue weighted by atomic mass is 32.1. The number of aliphatic carboxylic acids is 1. The number of carboxylic acid groups (broad SMARTS) is 1. The van der Waals surface area contributed by atoms with Gasteiger partial charge in [-0.05, 0) is 6.92 Å². The molecule has 8 nitrogen and oxygen atoms in total. The number of hydrogen-bond acceptors (Lipinski definition) is 7.